The number of rotatable bonds is 4. The first-order chi connectivity index (χ1) is 8.97. The molecule has 5 nitrogen and oxygen atoms in total. The largest absolute Gasteiger partial charge is 0.347 e. The van der Waals surface area contributed by atoms with Crippen LogP contribution in [0, 0.1) is 0 Å². The van der Waals surface area contributed by atoms with E-state index < -0.39 is 9.84 Å². The zero-order chi connectivity index (χ0) is 13.9. The van der Waals surface area contributed by atoms with E-state index in [0.29, 0.717) is 12.1 Å². The third-order valence-electron chi connectivity index (χ3n) is 2.42. The van der Waals surface area contributed by atoms with Gasteiger partial charge in [0.2, 0.25) is 0 Å². The normalized spacial score (nSPS) is 11.2. The van der Waals surface area contributed by atoms with Crippen molar-refractivity contribution in [3.8, 4) is 0 Å². The summed E-state index contributed by atoms with van der Waals surface area (Å²) in [6, 6.07) is 4.81. The van der Waals surface area contributed by atoms with Gasteiger partial charge in [-0.25, -0.2) is 8.42 Å². The predicted molar refractivity (Wildman–Crippen MR) is 72.8 cm³/mol. The van der Waals surface area contributed by atoms with Crippen molar-refractivity contribution in [3.05, 3.63) is 46.4 Å². The van der Waals surface area contributed by atoms with Crippen LogP contribution in [-0.2, 0) is 16.4 Å². The Morgan fingerprint density at radius 3 is 2.63 bits per heavy atom. The Kier molecular flexibility index (Phi) is 3.96. The van der Waals surface area contributed by atoms with E-state index >= 15 is 0 Å². The van der Waals surface area contributed by atoms with Crippen molar-refractivity contribution in [2.75, 3.05) is 6.26 Å². The van der Waals surface area contributed by atoms with Crippen molar-refractivity contribution >= 4 is 27.1 Å². The molecule has 0 aromatic carbocycles. The molecule has 0 atom stereocenters. The van der Waals surface area contributed by atoms with Gasteiger partial charge in [0.25, 0.3) is 5.91 Å². The van der Waals surface area contributed by atoms with Gasteiger partial charge in [-0.05, 0) is 18.2 Å². The summed E-state index contributed by atoms with van der Waals surface area (Å²) < 4.78 is 22.6. The van der Waals surface area contributed by atoms with E-state index in [-0.39, 0.29) is 10.8 Å². The first-order valence-electron chi connectivity index (χ1n) is 5.42. The van der Waals surface area contributed by atoms with E-state index in [9.17, 15) is 13.2 Å². The second-order valence-electron chi connectivity index (χ2n) is 3.94. The molecule has 1 amide bonds. The average Bonchev–Trinajstić information content (AvgIpc) is 2.86. The highest BCUT2D eigenvalue weighted by Gasteiger charge is 2.11. The zero-order valence-electron chi connectivity index (χ0n) is 10.2. The quantitative estimate of drug-likeness (QED) is 0.927. The minimum atomic E-state index is -3.18. The topological polar surface area (TPSA) is 76.1 Å². The number of nitrogens with one attached hydrogen (secondary N) is 1. The van der Waals surface area contributed by atoms with Crippen LogP contribution in [0.15, 0.2) is 40.9 Å². The Morgan fingerprint density at radius 2 is 2.05 bits per heavy atom. The molecule has 0 aliphatic carbocycles. The summed E-state index contributed by atoms with van der Waals surface area (Å²) >= 11 is 1.31. The van der Waals surface area contributed by atoms with Crippen molar-refractivity contribution in [2.24, 2.45) is 0 Å². The SMILES string of the molecule is CS(=O)(=O)c1csc(CNC(=O)c2ccncc2)c1. The monoisotopic (exact) mass is 296 g/mol. The van der Waals surface area contributed by atoms with Crippen LogP contribution in [0.25, 0.3) is 0 Å². The van der Waals surface area contributed by atoms with E-state index in [1.807, 2.05) is 0 Å². The first-order valence-corrected chi connectivity index (χ1v) is 8.19. The standard InChI is InChI=1S/C12H12N2O3S2/c1-19(16,17)11-6-10(18-8-11)7-14-12(15)9-2-4-13-5-3-9/h2-6,8H,7H2,1H3,(H,14,15). The molecule has 0 fully saturated rings. The summed E-state index contributed by atoms with van der Waals surface area (Å²) in [5.74, 6) is -0.211. The fourth-order valence-corrected chi connectivity index (χ4v) is 3.38. The lowest BCUT2D eigenvalue weighted by atomic mass is 10.2. The lowest BCUT2D eigenvalue weighted by Gasteiger charge is -2.02. The molecule has 1 N–H and O–H groups in total. The maximum absolute atomic E-state index is 11.8. The van der Waals surface area contributed by atoms with Gasteiger partial charge in [-0.15, -0.1) is 11.3 Å². The van der Waals surface area contributed by atoms with Crippen LogP contribution < -0.4 is 5.32 Å². The van der Waals surface area contributed by atoms with E-state index in [1.54, 1.807) is 36.0 Å². The molecule has 2 heterocycles. The minimum Gasteiger partial charge on any atom is -0.347 e. The number of amides is 1. The lowest BCUT2D eigenvalue weighted by Crippen LogP contribution is -2.22. The number of thiophene rings is 1. The van der Waals surface area contributed by atoms with Crippen LogP contribution in [0.2, 0.25) is 0 Å². The summed E-state index contributed by atoms with van der Waals surface area (Å²) in [4.78, 5) is 16.7. The number of nitrogens with zero attached hydrogens (tertiary/aromatic N) is 1. The van der Waals surface area contributed by atoms with Gasteiger partial charge in [0.1, 0.15) is 0 Å². The van der Waals surface area contributed by atoms with Crippen LogP contribution in [0.5, 0.6) is 0 Å². The second kappa shape index (κ2) is 5.50. The number of carbonyl (C=O) groups is 1. The Labute approximate surface area is 115 Å². The molecule has 0 unspecified atom stereocenters. The number of hydrogen-bond acceptors (Lipinski definition) is 5. The fourth-order valence-electron chi connectivity index (χ4n) is 1.42. The van der Waals surface area contributed by atoms with Gasteiger partial charge in [0, 0.05) is 34.5 Å². The maximum Gasteiger partial charge on any atom is 0.251 e. The van der Waals surface area contributed by atoms with Crippen LogP contribution in [0.1, 0.15) is 15.2 Å². The Hall–Kier alpha value is -1.73. The molecule has 7 heteroatoms. The molecule has 0 saturated carbocycles. The average molecular weight is 296 g/mol. The summed E-state index contributed by atoms with van der Waals surface area (Å²) in [6.45, 7) is 0.307. The molecular formula is C12H12N2O3S2. The van der Waals surface area contributed by atoms with E-state index in [4.69, 9.17) is 0 Å². The molecule has 19 heavy (non-hydrogen) atoms. The summed E-state index contributed by atoms with van der Waals surface area (Å²) in [7, 11) is -3.18. The Morgan fingerprint density at radius 1 is 1.37 bits per heavy atom. The number of pyridine rings is 1. The number of aromatic nitrogens is 1. The smallest absolute Gasteiger partial charge is 0.251 e. The molecule has 0 saturated heterocycles. The van der Waals surface area contributed by atoms with Gasteiger partial charge in [0.05, 0.1) is 11.4 Å². The van der Waals surface area contributed by atoms with E-state index in [1.165, 1.54) is 11.3 Å². The van der Waals surface area contributed by atoms with Gasteiger partial charge in [0.15, 0.2) is 9.84 Å². The van der Waals surface area contributed by atoms with Gasteiger partial charge >= 0.3 is 0 Å². The molecule has 2 aromatic rings. The number of hydrogen-bond donors (Lipinski definition) is 1. The Bertz CT molecular complexity index is 678. The second-order valence-corrected chi connectivity index (χ2v) is 6.95. The molecule has 0 bridgehead atoms. The highest BCUT2D eigenvalue weighted by molar-refractivity contribution is 7.90. The maximum atomic E-state index is 11.8. The fraction of sp³-hybridized carbons (Fsp3) is 0.167. The van der Waals surface area contributed by atoms with Gasteiger partial charge in [-0.2, -0.15) is 0 Å². The van der Waals surface area contributed by atoms with Crippen molar-refractivity contribution in [2.45, 2.75) is 11.4 Å². The molecule has 0 spiro atoms. The molecule has 0 aliphatic rings. The van der Waals surface area contributed by atoms with Crippen molar-refractivity contribution in [1.82, 2.24) is 10.3 Å². The highest BCUT2D eigenvalue weighted by Crippen LogP contribution is 2.18. The summed E-state index contributed by atoms with van der Waals surface area (Å²) in [5.41, 5.74) is 0.523. The van der Waals surface area contributed by atoms with Crippen LogP contribution in [0.3, 0.4) is 0 Å². The van der Waals surface area contributed by atoms with Crippen LogP contribution >= 0.6 is 11.3 Å². The van der Waals surface area contributed by atoms with Gasteiger partial charge in [-0.3, -0.25) is 9.78 Å². The number of sulfone groups is 1. The van der Waals surface area contributed by atoms with E-state index in [0.717, 1.165) is 11.1 Å². The van der Waals surface area contributed by atoms with Gasteiger partial charge < -0.3 is 5.32 Å². The van der Waals surface area contributed by atoms with Crippen LogP contribution in [0.4, 0.5) is 0 Å². The lowest BCUT2D eigenvalue weighted by molar-refractivity contribution is 0.0951. The molecule has 0 radical (unpaired) electrons. The molecular weight excluding hydrogens is 284 g/mol. The molecule has 100 valence electrons. The van der Waals surface area contributed by atoms with Crippen molar-refractivity contribution in [3.63, 3.8) is 0 Å². The third-order valence-corrected chi connectivity index (χ3v) is 4.60. The molecule has 0 aliphatic heterocycles. The summed E-state index contributed by atoms with van der Waals surface area (Å²) in [6.07, 6.45) is 4.25. The molecule has 2 rings (SSSR count). The first kappa shape index (κ1) is 13.7. The predicted octanol–water partition coefficient (Wildman–Crippen LogP) is 1.48. The van der Waals surface area contributed by atoms with E-state index in [2.05, 4.69) is 10.3 Å². The molecule has 2 aromatic heterocycles. The van der Waals surface area contributed by atoms with Crippen molar-refractivity contribution in [1.29, 1.82) is 0 Å². The Balaban J connectivity index is 2.00. The van der Waals surface area contributed by atoms with Crippen molar-refractivity contribution < 1.29 is 13.2 Å². The summed E-state index contributed by atoms with van der Waals surface area (Å²) in [5, 5.41) is 4.30. The van der Waals surface area contributed by atoms with Gasteiger partial charge in [-0.1, -0.05) is 0 Å². The third kappa shape index (κ3) is 3.62. The van der Waals surface area contributed by atoms with Crippen LogP contribution in [-0.4, -0.2) is 25.6 Å². The minimum absolute atomic E-state index is 0.211. The zero-order valence-corrected chi connectivity index (χ0v) is 11.8. The number of carbonyl (C=O) groups excluding carboxylic acids is 1. The highest BCUT2D eigenvalue weighted by atomic mass is 32.2.